The first-order valence-corrected chi connectivity index (χ1v) is 6.03. The van der Waals surface area contributed by atoms with E-state index in [0.717, 1.165) is 6.07 Å². The van der Waals surface area contributed by atoms with Gasteiger partial charge in [-0.3, -0.25) is 0 Å². The van der Waals surface area contributed by atoms with Crippen LogP contribution in [0, 0.1) is 24.1 Å². The van der Waals surface area contributed by atoms with Crippen molar-refractivity contribution in [2.75, 3.05) is 0 Å². The van der Waals surface area contributed by atoms with Gasteiger partial charge in [-0.2, -0.15) is 9.98 Å². The van der Waals surface area contributed by atoms with E-state index in [-0.39, 0.29) is 0 Å². The van der Waals surface area contributed by atoms with Gasteiger partial charge < -0.3 is 0 Å². The fourth-order valence-corrected chi connectivity index (χ4v) is 2.45. The zero-order valence-electron chi connectivity index (χ0n) is 8.86. The van der Waals surface area contributed by atoms with Gasteiger partial charge in [0.2, 0.25) is 10.0 Å². The van der Waals surface area contributed by atoms with Crippen LogP contribution in [0.1, 0.15) is 12.5 Å². The first-order chi connectivity index (χ1) is 7.36. The molecule has 0 saturated heterocycles. The quantitative estimate of drug-likeness (QED) is 0.869. The van der Waals surface area contributed by atoms with Crippen molar-refractivity contribution in [1.29, 1.82) is 5.26 Å². The molecule has 0 fully saturated rings. The van der Waals surface area contributed by atoms with Crippen LogP contribution in [0.25, 0.3) is 0 Å². The van der Waals surface area contributed by atoms with Crippen molar-refractivity contribution in [1.82, 2.24) is 4.72 Å². The lowest BCUT2D eigenvalue weighted by Crippen LogP contribution is -2.32. The summed E-state index contributed by atoms with van der Waals surface area (Å²) in [6.07, 6.45) is 0. The summed E-state index contributed by atoms with van der Waals surface area (Å²) in [6, 6.07) is 4.60. The molecule has 0 aliphatic heterocycles. The number of hydrogen-bond acceptors (Lipinski definition) is 3. The fraction of sp³-hybridized carbons (Fsp3) is 0.300. The number of benzene rings is 1. The highest BCUT2D eigenvalue weighted by Gasteiger charge is 2.21. The first-order valence-electron chi connectivity index (χ1n) is 4.55. The molecule has 16 heavy (non-hydrogen) atoms. The van der Waals surface area contributed by atoms with Gasteiger partial charge in [-0.15, -0.1) is 0 Å². The van der Waals surface area contributed by atoms with Crippen LogP contribution in [-0.2, 0) is 10.0 Å². The number of aryl methyl sites for hydroxylation is 1. The molecular weight excluding hydrogens is 231 g/mol. The van der Waals surface area contributed by atoms with E-state index in [9.17, 15) is 12.8 Å². The Labute approximate surface area is 93.8 Å². The summed E-state index contributed by atoms with van der Waals surface area (Å²) in [5.41, 5.74) is 0.631. The molecule has 0 radical (unpaired) electrons. The van der Waals surface area contributed by atoms with Gasteiger partial charge in [-0.25, -0.2) is 12.8 Å². The van der Waals surface area contributed by atoms with Gasteiger partial charge in [0, 0.05) is 0 Å². The molecule has 1 atom stereocenters. The number of sulfonamides is 1. The largest absolute Gasteiger partial charge is 0.244 e. The van der Waals surface area contributed by atoms with E-state index < -0.39 is 26.8 Å². The number of hydrogen-bond donors (Lipinski definition) is 1. The van der Waals surface area contributed by atoms with Crippen molar-refractivity contribution in [2.24, 2.45) is 0 Å². The van der Waals surface area contributed by atoms with Crippen LogP contribution >= 0.6 is 0 Å². The summed E-state index contributed by atoms with van der Waals surface area (Å²) in [5, 5.41) is 8.50. The highest BCUT2D eigenvalue weighted by Crippen LogP contribution is 2.16. The van der Waals surface area contributed by atoms with Crippen molar-refractivity contribution in [3.8, 4) is 6.07 Å². The zero-order chi connectivity index (χ0) is 12.3. The molecule has 86 valence electrons. The van der Waals surface area contributed by atoms with Gasteiger partial charge in [0.15, 0.2) is 0 Å². The summed E-state index contributed by atoms with van der Waals surface area (Å²) in [5.74, 6) is -0.830. The maximum atomic E-state index is 13.3. The monoisotopic (exact) mass is 242 g/mol. The SMILES string of the molecule is Cc1ccc(F)c(S(=O)(=O)NC(C)C#N)c1. The molecule has 1 rings (SSSR count). The number of rotatable bonds is 3. The second kappa shape index (κ2) is 4.60. The smallest absolute Gasteiger partial charge is 0.207 e. The third-order valence-electron chi connectivity index (χ3n) is 1.90. The van der Waals surface area contributed by atoms with Crippen LogP contribution in [-0.4, -0.2) is 14.5 Å². The van der Waals surface area contributed by atoms with Gasteiger partial charge >= 0.3 is 0 Å². The molecule has 0 bridgehead atoms. The molecule has 0 spiro atoms. The lowest BCUT2D eigenvalue weighted by atomic mass is 10.2. The molecule has 0 aliphatic carbocycles. The van der Waals surface area contributed by atoms with E-state index in [4.69, 9.17) is 5.26 Å². The Morgan fingerprint density at radius 3 is 2.69 bits per heavy atom. The van der Waals surface area contributed by atoms with Gasteiger partial charge in [-0.05, 0) is 31.5 Å². The highest BCUT2D eigenvalue weighted by atomic mass is 32.2. The maximum Gasteiger partial charge on any atom is 0.244 e. The second-order valence-electron chi connectivity index (χ2n) is 3.41. The topological polar surface area (TPSA) is 70.0 Å². The summed E-state index contributed by atoms with van der Waals surface area (Å²) in [6.45, 7) is 3.04. The molecule has 0 aromatic heterocycles. The van der Waals surface area contributed by atoms with Crippen molar-refractivity contribution in [2.45, 2.75) is 24.8 Å². The first kappa shape index (κ1) is 12.6. The average Bonchev–Trinajstić information content (AvgIpc) is 2.20. The Balaban J connectivity index is 3.18. The van der Waals surface area contributed by atoms with Crippen LogP contribution in [0.5, 0.6) is 0 Å². The van der Waals surface area contributed by atoms with Crippen LogP contribution in [0.2, 0.25) is 0 Å². The molecule has 1 aromatic rings. The van der Waals surface area contributed by atoms with Gasteiger partial charge in [-0.1, -0.05) is 6.07 Å². The van der Waals surface area contributed by atoms with Crippen LogP contribution < -0.4 is 4.72 Å². The summed E-state index contributed by atoms with van der Waals surface area (Å²) in [7, 11) is -3.97. The van der Waals surface area contributed by atoms with Gasteiger partial charge in [0.25, 0.3) is 0 Å². The van der Waals surface area contributed by atoms with Crippen LogP contribution in [0.4, 0.5) is 4.39 Å². The van der Waals surface area contributed by atoms with Crippen molar-refractivity contribution in [3.63, 3.8) is 0 Å². The minimum Gasteiger partial charge on any atom is -0.207 e. The molecule has 4 nitrogen and oxygen atoms in total. The number of nitriles is 1. The third-order valence-corrected chi connectivity index (χ3v) is 3.46. The minimum absolute atomic E-state index is 0.436. The van der Waals surface area contributed by atoms with Crippen molar-refractivity contribution in [3.05, 3.63) is 29.6 Å². The molecule has 1 unspecified atom stereocenters. The van der Waals surface area contributed by atoms with Crippen LogP contribution in [0.15, 0.2) is 23.1 Å². The van der Waals surface area contributed by atoms with E-state index in [0.29, 0.717) is 5.56 Å². The highest BCUT2D eigenvalue weighted by molar-refractivity contribution is 7.89. The predicted molar refractivity (Wildman–Crippen MR) is 56.5 cm³/mol. The van der Waals surface area contributed by atoms with E-state index in [2.05, 4.69) is 4.72 Å². The molecule has 6 heteroatoms. The standard InChI is InChI=1S/C10H11FN2O2S/c1-7-3-4-9(11)10(5-7)16(14,15)13-8(2)6-12/h3-5,8,13H,1-2H3. The normalized spacial score (nSPS) is 13.1. The van der Waals surface area contributed by atoms with Gasteiger partial charge in [0.1, 0.15) is 16.8 Å². The molecule has 1 N–H and O–H groups in total. The maximum absolute atomic E-state index is 13.3. The predicted octanol–water partition coefficient (Wildman–Crippen LogP) is 1.32. The molecule has 0 aliphatic rings. The Bertz CT molecular complexity index is 534. The molecular formula is C10H11FN2O2S. The third kappa shape index (κ3) is 2.78. The lowest BCUT2D eigenvalue weighted by molar-refractivity contribution is 0.553. The second-order valence-corrected chi connectivity index (χ2v) is 5.09. The van der Waals surface area contributed by atoms with E-state index in [1.54, 1.807) is 13.0 Å². The Hall–Kier alpha value is -1.45. The van der Waals surface area contributed by atoms with Gasteiger partial charge in [0.05, 0.1) is 6.07 Å². The molecule has 1 aromatic carbocycles. The molecule has 0 amide bonds. The minimum atomic E-state index is -3.97. The van der Waals surface area contributed by atoms with E-state index in [1.807, 2.05) is 0 Å². The number of halogens is 1. The van der Waals surface area contributed by atoms with Crippen LogP contribution in [0.3, 0.4) is 0 Å². The average molecular weight is 242 g/mol. The lowest BCUT2D eigenvalue weighted by Gasteiger charge is -2.09. The Kier molecular flexibility index (Phi) is 3.62. The van der Waals surface area contributed by atoms with Crippen molar-refractivity contribution < 1.29 is 12.8 Å². The number of nitrogens with one attached hydrogen (secondary N) is 1. The zero-order valence-corrected chi connectivity index (χ0v) is 9.68. The number of nitrogens with zero attached hydrogens (tertiary/aromatic N) is 1. The summed E-state index contributed by atoms with van der Waals surface area (Å²) >= 11 is 0. The van der Waals surface area contributed by atoms with E-state index >= 15 is 0 Å². The Morgan fingerprint density at radius 1 is 1.50 bits per heavy atom. The van der Waals surface area contributed by atoms with Crippen molar-refractivity contribution >= 4 is 10.0 Å². The summed E-state index contributed by atoms with van der Waals surface area (Å²) < 4.78 is 38.7. The summed E-state index contributed by atoms with van der Waals surface area (Å²) in [4.78, 5) is -0.436. The Morgan fingerprint density at radius 2 is 2.12 bits per heavy atom. The molecule has 0 heterocycles. The fourth-order valence-electron chi connectivity index (χ4n) is 1.14. The molecule has 0 saturated carbocycles. The van der Waals surface area contributed by atoms with E-state index in [1.165, 1.54) is 19.1 Å².